The van der Waals surface area contributed by atoms with Crippen molar-refractivity contribution in [2.75, 3.05) is 13.1 Å². The van der Waals surface area contributed by atoms with Crippen molar-refractivity contribution < 1.29 is 13.2 Å². The highest BCUT2D eigenvalue weighted by atomic mass is 32.2. The zero-order valence-electron chi connectivity index (χ0n) is 12.7. The van der Waals surface area contributed by atoms with Gasteiger partial charge in [-0.2, -0.15) is 0 Å². The van der Waals surface area contributed by atoms with Crippen LogP contribution >= 0.6 is 0 Å². The summed E-state index contributed by atoms with van der Waals surface area (Å²) in [7, 11) is -3.56. The van der Waals surface area contributed by atoms with Crippen molar-refractivity contribution in [1.82, 2.24) is 4.90 Å². The number of piperidine rings is 1. The number of benzene rings is 1. The molecule has 120 valence electrons. The quantitative estimate of drug-likeness (QED) is 0.913. The molecule has 2 N–H and O–H groups in total. The lowest BCUT2D eigenvalue weighted by Gasteiger charge is -2.31. The molecule has 2 fully saturated rings. The van der Waals surface area contributed by atoms with Gasteiger partial charge in [0, 0.05) is 19.0 Å². The summed E-state index contributed by atoms with van der Waals surface area (Å²) in [4.78, 5) is 14.3. The van der Waals surface area contributed by atoms with Crippen LogP contribution in [0.4, 0.5) is 0 Å². The summed E-state index contributed by atoms with van der Waals surface area (Å²) < 4.78 is 23.0. The van der Waals surface area contributed by atoms with Crippen molar-refractivity contribution in [2.24, 2.45) is 11.1 Å². The van der Waals surface area contributed by atoms with E-state index in [1.807, 2.05) is 12.1 Å². The number of likely N-dealkylation sites (tertiary alicyclic amines) is 1. The van der Waals surface area contributed by atoms with E-state index in [1.165, 1.54) is 11.1 Å². The summed E-state index contributed by atoms with van der Waals surface area (Å²) in [6.45, 7) is 2.95. The first-order valence-electron chi connectivity index (χ1n) is 7.74. The Morgan fingerprint density at radius 3 is 2.73 bits per heavy atom. The Hall–Kier alpha value is -1.40. The molecule has 1 aromatic carbocycles. The zero-order chi connectivity index (χ0) is 15.9. The number of carbonyl (C=O) groups excluding carboxylic acids is 1. The number of carbonyl (C=O) groups is 1. The molecule has 22 heavy (non-hydrogen) atoms. The van der Waals surface area contributed by atoms with Crippen LogP contribution < -0.4 is 5.14 Å². The minimum absolute atomic E-state index is 0.000304. The normalized spacial score (nSPS) is 28.5. The third kappa shape index (κ3) is 3.03. The Morgan fingerprint density at radius 1 is 1.32 bits per heavy atom. The molecular weight excluding hydrogens is 300 g/mol. The number of rotatable bonds is 3. The van der Waals surface area contributed by atoms with E-state index in [4.69, 9.17) is 5.14 Å². The van der Waals surface area contributed by atoms with E-state index in [0.29, 0.717) is 19.4 Å². The van der Waals surface area contributed by atoms with Crippen molar-refractivity contribution in [2.45, 2.75) is 37.4 Å². The van der Waals surface area contributed by atoms with Gasteiger partial charge in [0.05, 0.1) is 5.25 Å². The van der Waals surface area contributed by atoms with E-state index in [9.17, 15) is 13.2 Å². The fraction of sp³-hybridized carbons (Fsp3) is 0.562. The molecule has 1 amide bonds. The Morgan fingerprint density at radius 2 is 2.05 bits per heavy atom. The second-order valence-electron chi connectivity index (χ2n) is 6.44. The number of hydrogen-bond acceptors (Lipinski definition) is 3. The molecule has 0 aromatic heterocycles. The van der Waals surface area contributed by atoms with Gasteiger partial charge in [0.2, 0.25) is 15.9 Å². The van der Waals surface area contributed by atoms with Crippen LogP contribution in [0.5, 0.6) is 0 Å². The van der Waals surface area contributed by atoms with Crippen molar-refractivity contribution in [1.29, 1.82) is 0 Å². The first-order chi connectivity index (χ1) is 10.4. The van der Waals surface area contributed by atoms with Gasteiger partial charge < -0.3 is 4.90 Å². The Bertz CT molecular complexity index is 686. The van der Waals surface area contributed by atoms with Gasteiger partial charge in [-0.25, -0.2) is 13.6 Å². The van der Waals surface area contributed by atoms with Crippen LogP contribution in [0.3, 0.4) is 0 Å². The molecule has 1 aliphatic heterocycles. The molecule has 1 saturated carbocycles. The summed E-state index contributed by atoms with van der Waals surface area (Å²) >= 11 is 0. The average molecular weight is 322 g/mol. The lowest BCUT2D eigenvalue weighted by Crippen LogP contribution is -2.47. The van der Waals surface area contributed by atoms with Gasteiger partial charge in [-0.05, 0) is 43.2 Å². The molecule has 0 bridgehead atoms. The summed E-state index contributed by atoms with van der Waals surface area (Å²) in [6.07, 6.45) is 2.11. The molecule has 2 aliphatic rings. The minimum atomic E-state index is -3.56. The van der Waals surface area contributed by atoms with Crippen molar-refractivity contribution in [3.8, 4) is 0 Å². The highest BCUT2D eigenvalue weighted by molar-refractivity contribution is 7.89. The predicted octanol–water partition coefficient (Wildman–Crippen LogP) is 1.38. The minimum Gasteiger partial charge on any atom is -0.341 e. The van der Waals surface area contributed by atoms with E-state index in [2.05, 4.69) is 19.1 Å². The summed E-state index contributed by atoms with van der Waals surface area (Å²) in [5, 5.41) is 4.63. The topological polar surface area (TPSA) is 80.5 Å². The van der Waals surface area contributed by atoms with Crippen LogP contribution in [0.1, 0.15) is 36.3 Å². The second-order valence-corrected chi connectivity index (χ2v) is 8.29. The van der Waals surface area contributed by atoms with Gasteiger partial charge >= 0.3 is 0 Å². The van der Waals surface area contributed by atoms with Crippen molar-refractivity contribution in [3.05, 3.63) is 35.4 Å². The molecule has 1 saturated heterocycles. The van der Waals surface area contributed by atoms with Crippen LogP contribution in [-0.2, 0) is 14.8 Å². The van der Waals surface area contributed by atoms with Gasteiger partial charge in [0.15, 0.2) is 0 Å². The highest BCUT2D eigenvalue weighted by Gasteiger charge is 2.47. The molecular formula is C16H22N2O3S. The number of hydrogen-bond donors (Lipinski definition) is 1. The summed E-state index contributed by atoms with van der Waals surface area (Å²) in [5.41, 5.74) is 2.45. The SMILES string of the molecule is Cc1ccccc1[C@@H]1C[C@@H]1C(=O)N1CCC[C@@H](S(N)(=O)=O)C1. The van der Waals surface area contributed by atoms with Crippen LogP contribution in [-0.4, -0.2) is 37.6 Å². The van der Waals surface area contributed by atoms with Crippen molar-refractivity contribution >= 4 is 15.9 Å². The van der Waals surface area contributed by atoms with Gasteiger partial charge in [-0.15, -0.1) is 0 Å². The maximum atomic E-state index is 12.6. The van der Waals surface area contributed by atoms with Gasteiger partial charge in [-0.1, -0.05) is 24.3 Å². The third-order valence-corrected chi connectivity index (χ3v) is 6.16. The molecule has 1 aromatic rings. The van der Waals surface area contributed by atoms with E-state index in [0.717, 1.165) is 6.42 Å². The molecule has 3 rings (SSSR count). The Labute approximate surface area is 131 Å². The monoisotopic (exact) mass is 322 g/mol. The smallest absolute Gasteiger partial charge is 0.226 e. The van der Waals surface area contributed by atoms with E-state index < -0.39 is 15.3 Å². The Balaban J connectivity index is 1.67. The average Bonchev–Trinajstić information content (AvgIpc) is 3.26. The number of amides is 1. The molecule has 0 radical (unpaired) electrons. The van der Waals surface area contributed by atoms with E-state index in [1.54, 1.807) is 4.90 Å². The van der Waals surface area contributed by atoms with Crippen LogP contribution in [0.15, 0.2) is 24.3 Å². The number of primary sulfonamides is 1. The maximum absolute atomic E-state index is 12.6. The first-order valence-corrected chi connectivity index (χ1v) is 9.35. The van der Waals surface area contributed by atoms with Crippen LogP contribution in [0, 0.1) is 12.8 Å². The van der Waals surface area contributed by atoms with Crippen LogP contribution in [0.25, 0.3) is 0 Å². The third-order valence-electron chi connectivity index (χ3n) is 4.85. The molecule has 1 aliphatic carbocycles. The molecule has 0 spiro atoms. The van der Waals surface area contributed by atoms with Crippen LogP contribution in [0.2, 0.25) is 0 Å². The molecule has 5 nitrogen and oxygen atoms in total. The molecule has 6 heteroatoms. The van der Waals surface area contributed by atoms with Crippen molar-refractivity contribution in [3.63, 3.8) is 0 Å². The number of sulfonamides is 1. The lowest BCUT2D eigenvalue weighted by molar-refractivity contribution is -0.133. The first kappa shape index (κ1) is 15.5. The molecule has 1 heterocycles. The number of nitrogens with zero attached hydrogens (tertiary/aromatic N) is 1. The second kappa shape index (κ2) is 5.66. The Kier molecular flexibility index (Phi) is 3.99. The van der Waals surface area contributed by atoms with E-state index >= 15 is 0 Å². The van der Waals surface area contributed by atoms with Gasteiger partial charge in [-0.3, -0.25) is 4.79 Å². The predicted molar refractivity (Wildman–Crippen MR) is 84.7 cm³/mol. The molecule has 0 unspecified atom stereocenters. The van der Waals surface area contributed by atoms with Gasteiger partial charge in [0.1, 0.15) is 0 Å². The summed E-state index contributed by atoms with van der Waals surface area (Å²) in [5.74, 6) is 0.366. The number of aryl methyl sites for hydroxylation is 1. The molecule has 3 atom stereocenters. The largest absolute Gasteiger partial charge is 0.341 e. The zero-order valence-corrected chi connectivity index (χ0v) is 13.6. The fourth-order valence-corrected chi connectivity index (χ4v) is 4.34. The summed E-state index contributed by atoms with van der Waals surface area (Å²) in [6, 6.07) is 8.14. The number of nitrogens with two attached hydrogens (primary N) is 1. The maximum Gasteiger partial charge on any atom is 0.226 e. The van der Waals surface area contributed by atoms with E-state index in [-0.39, 0.29) is 24.3 Å². The highest BCUT2D eigenvalue weighted by Crippen LogP contribution is 2.49. The van der Waals surface area contributed by atoms with Gasteiger partial charge in [0.25, 0.3) is 0 Å². The lowest BCUT2D eigenvalue weighted by atomic mass is 10.0. The fourth-order valence-electron chi connectivity index (χ4n) is 3.46. The standard InChI is InChI=1S/C16H22N2O3S/c1-11-5-2-3-7-13(11)14-9-15(14)16(19)18-8-4-6-12(10-18)22(17,20)21/h2-3,5,7,12,14-15H,4,6,8-10H2,1H3,(H2,17,20,21)/t12-,14+,15+/m1/s1.